The molecule has 0 saturated carbocycles. The topological polar surface area (TPSA) is 50.5 Å². The van der Waals surface area contributed by atoms with Crippen LogP contribution in [0.3, 0.4) is 0 Å². The molecule has 0 aliphatic carbocycles. The largest absolute Gasteiger partial charge is 0.395 e. The summed E-state index contributed by atoms with van der Waals surface area (Å²) >= 11 is 0. The van der Waals surface area contributed by atoms with Crippen LogP contribution in [0.15, 0.2) is 36.5 Å². The summed E-state index contributed by atoms with van der Waals surface area (Å²) in [5, 5.41) is 13.6. The molecule has 6 heteroatoms. The summed E-state index contributed by atoms with van der Waals surface area (Å²) < 4.78 is 19.7. The van der Waals surface area contributed by atoms with E-state index in [0.29, 0.717) is 19.7 Å². The van der Waals surface area contributed by atoms with E-state index in [1.54, 1.807) is 23.9 Å². The number of hydrogen-bond acceptors (Lipinski definition) is 4. The van der Waals surface area contributed by atoms with Gasteiger partial charge in [0.15, 0.2) is 0 Å². The Morgan fingerprint density at radius 3 is 2.67 bits per heavy atom. The Hall–Kier alpha value is -1.76. The van der Waals surface area contributed by atoms with Gasteiger partial charge >= 0.3 is 0 Å². The lowest BCUT2D eigenvalue weighted by molar-refractivity contribution is 0.126. The maximum Gasteiger partial charge on any atom is 0.123 e. The second-order valence-corrected chi connectivity index (χ2v) is 4.72. The predicted molar refractivity (Wildman–Crippen MR) is 77.8 cm³/mol. The van der Waals surface area contributed by atoms with Gasteiger partial charge in [-0.15, -0.1) is 0 Å². The van der Waals surface area contributed by atoms with Crippen molar-refractivity contribution in [3.05, 3.63) is 48.0 Å². The number of benzene rings is 1. The number of ether oxygens (including phenoxy) is 1. The van der Waals surface area contributed by atoms with Crippen LogP contribution in [0.2, 0.25) is 0 Å². The van der Waals surface area contributed by atoms with Crippen molar-refractivity contribution in [1.82, 2.24) is 14.7 Å². The van der Waals surface area contributed by atoms with Gasteiger partial charge in [0.1, 0.15) is 5.82 Å². The Labute approximate surface area is 123 Å². The fourth-order valence-corrected chi connectivity index (χ4v) is 2.04. The SMILES string of the molecule is COCCN(CCO)Cc1ccn(-c2ccc(F)cc2)n1. The molecule has 0 aliphatic heterocycles. The van der Waals surface area contributed by atoms with E-state index in [1.807, 2.05) is 12.3 Å². The maximum absolute atomic E-state index is 12.9. The molecular formula is C15H20FN3O2. The van der Waals surface area contributed by atoms with Crippen LogP contribution in [0.1, 0.15) is 5.69 Å². The number of aromatic nitrogens is 2. The third-order valence-electron chi connectivity index (χ3n) is 3.15. The second kappa shape index (κ2) is 7.87. The van der Waals surface area contributed by atoms with Gasteiger partial charge in [0.05, 0.1) is 24.6 Å². The van der Waals surface area contributed by atoms with Crippen LogP contribution in [0.25, 0.3) is 5.69 Å². The Kier molecular flexibility index (Phi) is 5.86. The minimum atomic E-state index is -0.264. The van der Waals surface area contributed by atoms with Gasteiger partial charge in [-0.25, -0.2) is 9.07 Å². The lowest BCUT2D eigenvalue weighted by Crippen LogP contribution is -2.30. The van der Waals surface area contributed by atoms with E-state index in [2.05, 4.69) is 10.00 Å². The van der Waals surface area contributed by atoms with E-state index in [-0.39, 0.29) is 12.4 Å². The minimum Gasteiger partial charge on any atom is -0.395 e. The zero-order chi connectivity index (χ0) is 15.1. The summed E-state index contributed by atoms with van der Waals surface area (Å²) in [6.45, 7) is 2.66. The lowest BCUT2D eigenvalue weighted by Gasteiger charge is -2.19. The van der Waals surface area contributed by atoms with E-state index >= 15 is 0 Å². The first kappa shape index (κ1) is 15.6. The van der Waals surface area contributed by atoms with Crippen molar-refractivity contribution in [3.8, 4) is 5.69 Å². The number of halogens is 1. The highest BCUT2D eigenvalue weighted by Gasteiger charge is 2.08. The smallest absolute Gasteiger partial charge is 0.123 e. The van der Waals surface area contributed by atoms with Crippen LogP contribution in [0.5, 0.6) is 0 Å². The summed E-state index contributed by atoms with van der Waals surface area (Å²) in [7, 11) is 1.65. The van der Waals surface area contributed by atoms with E-state index < -0.39 is 0 Å². The van der Waals surface area contributed by atoms with E-state index in [4.69, 9.17) is 9.84 Å². The lowest BCUT2D eigenvalue weighted by atomic mass is 10.3. The third kappa shape index (κ3) is 4.63. The highest BCUT2D eigenvalue weighted by Crippen LogP contribution is 2.10. The Morgan fingerprint density at radius 2 is 2.00 bits per heavy atom. The molecule has 1 aromatic carbocycles. The van der Waals surface area contributed by atoms with E-state index in [9.17, 15) is 4.39 Å². The molecule has 1 N–H and O–H groups in total. The Bertz CT molecular complexity index is 542. The number of nitrogens with zero attached hydrogens (tertiary/aromatic N) is 3. The first-order chi connectivity index (χ1) is 10.2. The van der Waals surface area contributed by atoms with E-state index in [1.165, 1.54) is 12.1 Å². The van der Waals surface area contributed by atoms with Crippen molar-refractivity contribution in [1.29, 1.82) is 0 Å². The number of rotatable bonds is 8. The summed E-state index contributed by atoms with van der Waals surface area (Å²) in [6, 6.07) is 8.10. The van der Waals surface area contributed by atoms with Gasteiger partial charge in [-0.3, -0.25) is 4.90 Å². The van der Waals surface area contributed by atoms with E-state index in [0.717, 1.165) is 17.9 Å². The first-order valence-corrected chi connectivity index (χ1v) is 6.85. The monoisotopic (exact) mass is 293 g/mol. The standard InChI is InChI=1S/C15H20FN3O2/c1-21-11-9-18(8-10-20)12-14-6-7-19(17-14)15-4-2-13(16)3-5-15/h2-7,20H,8-12H2,1H3. The van der Waals surface area contributed by atoms with Crippen molar-refractivity contribution in [2.75, 3.05) is 33.4 Å². The molecule has 0 amide bonds. The van der Waals surface area contributed by atoms with Crippen LogP contribution in [0, 0.1) is 5.82 Å². The summed E-state index contributed by atoms with van der Waals surface area (Å²) in [5.74, 6) is -0.264. The van der Waals surface area contributed by atoms with Gasteiger partial charge in [-0.2, -0.15) is 5.10 Å². The molecule has 2 rings (SSSR count). The molecule has 2 aromatic rings. The van der Waals surface area contributed by atoms with Crippen molar-refractivity contribution in [2.24, 2.45) is 0 Å². The molecule has 0 bridgehead atoms. The summed E-state index contributed by atoms with van der Waals surface area (Å²) in [5.41, 5.74) is 1.71. The minimum absolute atomic E-state index is 0.0996. The molecule has 1 heterocycles. The van der Waals surface area contributed by atoms with Gasteiger partial charge in [-0.05, 0) is 30.3 Å². The van der Waals surface area contributed by atoms with Crippen molar-refractivity contribution >= 4 is 0 Å². The summed E-state index contributed by atoms with van der Waals surface area (Å²) in [4.78, 5) is 2.07. The van der Waals surface area contributed by atoms with Crippen LogP contribution in [-0.4, -0.2) is 53.2 Å². The molecule has 0 unspecified atom stereocenters. The number of hydrogen-bond donors (Lipinski definition) is 1. The molecule has 0 radical (unpaired) electrons. The maximum atomic E-state index is 12.9. The molecule has 0 fully saturated rings. The van der Waals surface area contributed by atoms with Gasteiger partial charge in [0.2, 0.25) is 0 Å². The van der Waals surface area contributed by atoms with Crippen LogP contribution in [-0.2, 0) is 11.3 Å². The Balaban J connectivity index is 2.02. The normalized spacial score (nSPS) is 11.2. The number of aliphatic hydroxyl groups excluding tert-OH is 1. The molecule has 0 spiro atoms. The fraction of sp³-hybridized carbons (Fsp3) is 0.400. The molecule has 21 heavy (non-hydrogen) atoms. The third-order valence-corrected chi connectivity index (χ3v) is 3.15. The van der Waals surface area contributed by atoms with Crippen molar-refractivity contribution < 1.29 is 14.2 Å². The van der Waals surface area contributed by atoms with Crippen molar-refractivity contribution in [2.45, 2.75) is 6.54 Å². The molecule has 0 saturated heterocycles. The second-order valence-electron chi connectivity index (χ2n) is 4.72. The van der Waals surface area contributed by atoms with Crippen LogP contribution >= 0.6 is 0 Å². The van der Waals surface area contributed by atoms with Crippen LogP contribution in [0.4, 0.5) is 4.39 Å². The molecule has 0 aliphatic rings. The average molecular weight is 293 g/mol. The molecule has 114 valence electrons. The molecule has 0 atom stereocenters. The average Bonchev–Trinajstić information content (AvgIpc) is 2.94. The number of methoxy groups -OCH3 is 1. The van der Waals surface area contributed by atoms with Crippen molar-refractivity contribution in [3.63, 3.8) is 0 Å². The number of aliphatic hydroxyl groups is 1. The highest BCUT2D eigenvalue weighted by molar-refractivity contribution is 5.31. The van der Waals surface area contributed by atoms with Gasteiger partial charge < -0.3 is 9.84 Å². The molecule has 1 aromatic heterocycles. The highest BCUT2D eigenvalue weighted by atomic mass is 19.1. The Morgan fingerprint density at radius 1 is 1.24 bits per heavy atom. The van der Waals surface area contributed by atoms with Gasteiger partial charge in [0.25, 0.3) is 0 Å². The first-order valence-electron chi connectivity index (χ1n) is 6.85. The molecule has 5 nitrogen and oxygen atoms in total. The quantitative estimate of drug-likeness (QED) is 0.800. The fourth-order valence-electron chi connectivity index (χ4n) is 2.04. The summed E-state index contributed by atoms with van der Waals surface area (Å²) in [6.07, 6.45) is 1.84. The zero-order valence-corrected chi connectivity index (χ0v) is 12.1. The van der Waals surface area contributed by atoms with Gasteiger partial charge in [0, 0.05) is 32.9 Å². The van der Waals surface area contributed by atoms with Crippen LogP contribution < -0.4 is 0 Å². The molecular weight excluding hydrogens is 273 g/mol. The zero-order valence-electron chi connectivity index (χ0n) is 12.1. The predicted octanol–water partition coefficient (Wildman–Crippen LogP) is 1.45. The van der Waals surface area contributed by atoms with Gasteiger partial charge in [-0.1, -0.05) is 0 Å².